The molecule has 152 valence electrons. The van der Waals surface area contributed by atoms with E-state index in [9.17, 15) is 10.1 Å². The lowest BCUT2D eigenvalue weighted by molar-refractivity contribution is -0.125. The van der Waals surface area contributed by atoms with Crippen LogP contribution in [0.2, 0.25) is 5.02 Å². The molecule has 2 aromatic rings. The summed E-state index contributed by atoms with van der Waals surface area (Å²) in [5.74, 6) is 0.727. The van der Waals surface area contributed by atoms with Crippen molar-refractivity contribution in [3.8, 4) is 11.8 Å². The highest BCUT2D eigenvalue weighted by atomic mass is 35.5. The number of hydrogen-bond acceptors (Lipinski definition) is 4. The molecule has 1 N–H and O–H groups in total. The maximum absolute atomic E-state index is 13.4. The first kappa shape index (κ1) is 21.2. The minimum atomic E-state index is -0.768. The number of carbonyl (C=O) groups is 1. The average molecular weight is 413 g/mol. The molecule has 0 bridgehead atoms. The molecular weight excluding hydrogens is 388 g/mol. The number of benzene rings is 2. The molecule has 1 amide bonds. The van der Waals surface area contributed by atoms with Crippen molar-refractivity contribution in [2.24, 2.45) is 5.92 Å². The number of halogens is 1. The first-order chi connectivity index (χ1) is 14.0. The molecule has 6 heteroatoms. The van der Waals surface area contributed by atoms with Gasteiger partial charge in [0.25, 0.3) is 0 Å². The van der Waals surface area contributed by atoms with Gasteiger partial charge in [-0.05, 0) is 48.6 Å². The van der Waals surface area contributed by atoms with Crippen molar-refractivity contribution >= 4 is 23.2 Å². The zero-order valence-corrected chi connectivity index (χ0v) is 17.5. The highest BCUT2D eigenvalue weighted by Gasteiger charge is 2.43. The SMILES string of the molecule is CC(C)COc1ccc(NC(=O)C2(c3ccccc3Cl)CCOCC2)cc1C#N. The summed E-state index contributed by atoms with van der Waals surface area (Å²) in [5.41, 5.74) is 0.986. The number of hydrogen-bond donors (Lipinski definition) is 1. The van der Waals surface area contributed by atoms with Crippen LogP contribution in [0.1, 0.15) is 37.8 Å². The van der Waals surface area contributed by atoms with Crippen LogP contribution < -0.4 is 10.1 Å². The van der Waals surface area contributed by atoms with Gasteiger partial charge in [0.2, 0.25) is 5.91 Å². The molecule has 0 aliphatic carbocycles. The highest BCUT2D eigenvalue weighted by Crippen LogP contribution is 2.39. The Labute approximate surface area is 176 Å². The summed E-state index contributed by atoms with van der Waals surface area (Å²) in [7, 11) is 0. The summed E-state index contributed by atoms with van der Waals surface area (Å²) in [5, 5.41) is 13.0. The predicted molar refractivity (Wildman–Crippen MR) is 113 cm³/mol. The van der Waals surface area contributed by atoms with E-state index in [0.717, 1.165) is 5.56 Å². The number of nitrogens with zero attached hydrogens (tertiary/aromatic N) is 1. The maximum atomic E-state index is 13.4. The van der Waals surface area contributed by atoms with Gasteiger partial charge in [-0.25, -0.2) is 0 Å². The highest BCUT2D eigenvalue weighted by molar-refractivity contribution is 6.31. The van der Waals surface area contributed by atoms with Crippen molar-refractivity contribution in [1.82, 2.24) is 0 Å². The van der Waals surface area contributed by atoms with E-state index in [1.165, 1.54) is 0 Å². The summed E-state index contributed by atoms with van der Waals surface area (Å²) >= 11 is 6.44. The quantitative estimate of drug-likeness (QED) is 0.729. The van der Waals surface area contributed by atoms with Crippen LogP contribution in [-0.2, 0) is 14.9 Å². The van der Waals surface area contributed by atoms with E-state index in [4.69, 9.17) is 21.1 Å². The second-order valence-electron chi connectivity index (χ2n) is 7.66. The van der Waals surface area contributed by atoms with E-state index in [1.54, 1.807) is 24.3 Å². The molecule has 0 spiro atoms. The topological polar surface area (TPSA) is 71.3 Å². The third-order valence-corrected chi connectivity index (χ3v) is 5.43. The van der Waals surface area contributed by atoms with Crippen molar-refractivity contribution in [1.29, 1.82) is 5.26 Å². The Morgan fingerprint density at radius 3 is 2.66 bits per heavy atom. The standard InChI is InChI=1S/C23H25ClN2O3/c1-16(2)15-29-21-8-7-18(13-17(21)14-25)26-22(27)23(9-11-28-12-10-23)19-5-3-4-6-20(19)24/h3-8,13,16H,9-12,15H2,1-2H3,(H,26,27). The van der Waals surface area contributed by atoms with Crippen LogP contribution in [-0.4, -0.2) is 25.7 Å². The number of ether oxygens (including phenoxy) is 2. The summed E-state index contributed by atoms with van der Waals surface area (Å²) < 4.78 is 11.2. The van der Waals surface area contributed by atoms with Crippen molar-refractivity contribution in [3.63, 3.8) is 0 Å². The van der Waals surface area contributed by atoms with E-state index in [1.807, 2.05) is 32.0 Å². The molecule has 3 rings (SSSR count). The number of amides is 1. The molecule has 1 heterocycles. The van der Waals surface area contributed by atoms with E-state index in [2.05, 4.69) is 11.4 Å². The smallest absolute Gasteiger partial charge is 0.235 e. The van der Waals surface area contributed by atoms with Crippen LogP contribution in [0.15, 0.2) is 42.5 Å². The molecule has 1 saturated heterocycles. The molecule has 1 aliphatic heterocycles. The normalized spacial score (nSPS) is 15.6. The molecular formula is C23H25ClN2O3. The first-order valence-corrected chi connectivity index (χ1v) is 10.2. The van der Waals surface area contributed by atoms with Gasteiger partial charge >= 0.3 is 0 Å². The molecule has 0 saturated carbocycles. The zero-order valence-electron chi connectivity index (χ0n) is 16.7. The van der Waals surface area contributed by atoms with Crippen molar-refractivity contribution in [2.75, 3.05) is 25.1 Å². The fourth-order valence-electron chi connectivity index (χ4n) is 3.52. The summed E-state index contributed by atoms with van der Waals surface area (Å²) in [6.45, 7) is 5.59. The van der Waals surface area contributed by atoms with Crippen LogP contribution in [0.5, 0.6) is 5.75 Å². The fraction of sp³-hybridized carbons (Fsp3) is 0.391. The lowest BCUT2D eigenvalue weighted by Crippen LogP contribution is -2.45. The van der Waals surface area contributed by atoms with Gasteiger partial charge in [0.05, 0.1) is 17.6 Å². The number of rotatable bonds is 6. The van der Waals surface area contributed by atoms with Crippen LogP contribution in [0.4, 0.5) is 5.69 Å². The lowest BCUT2D eigenvalue weighted by atomic mass is 9.73. The molecule has 2 aromatic carbocycles. The average Bonchev–Trinajstić information content (AvgIpc) is 2.73. The van der Waals surface area contributed by atoms with E-state index >= 15 is 0 Å². The first-order valence-electron chi connectivity index (χ1n) is 9.77. The van der Waals surface area contributed by atoms with Gasteiger partial charge in [0, 0.05) is 23.9 Å². The molecule has 1 aliphatic rings. The Morgan fingerprint density at radius 2 is 2.00 bits per heavy atom. The predicted octanol–water partition coefficient (Wildman–Crippen LogP) is 4.93. The molecule has 29 heavy (non-hydrogen) atoms. The monoisotopic (exact) mass is 412 g/mol. The summed E-state index contributed by atoms with van der Waals surface area (Å²) in [6, 6.07) is 14.7. The zero-order chi connectivity index (χ0) is 20.9. The number of carbonyl (C=O) groups excluding carboxylic acids is 1. The Kier molecular flexibility index (Phi) is 6.79. The fourth-order valence-corrected chi connectivity index (χ4v) is 3.83. The third-order valence-electron chi connectivity index (χ3n) is 5.10. The second kappa shape index (κ2) is 9.30. The molecule has 1 fully saturated rings. The Morgan fingerprint density at radius 1 is 1.28 bits per heavy atom. The van der Waals surface area contributed by atoms with Crippen LogP contribution in [0, 0.1) is 17.2 Å². The third kappa shape index (κ3) is 4.72. The van der Waals surface area contributed by atoms with E-state index < -0.39 is 5.41 Å². The number of nitrogens with one attached hydrogen (secondary N) is 1. The van der Waals surface area contributed by atoms with Crippen LogP contribution in [0.25, 0.3) is 0 Å². The Hall–Kier alpha value is -2.55. The molecule has 5 nitrogen and oxygen atoms in total. The minimum absolute atomic E-state index is 0.145. The minimum Gasteiger partial charge on any atom is -0.492 e. The van der Waals surface area contributed by atoms with Gasteiger partial charge in [0.15, 0.2) is 0 Å². The van der Waals surface area contributed by atoms with E-state index in [-0.39, 0.29) is 5.91 Å². The largest absolute Gasteiger partial charge is 0.492 e. The van der Waals surface area contributed by atoms with Crippen molar-refractivity contribution in [2.45, 2.75) is 32.1 Å². The number of anilines is 1. The van der Waals surface area contributed by atoms with Crippen LogP contribution >= 0.6 is 11.6 Å². The van der Waals surface area contributed by atoms with Crippen LogP contribution in [0.3, 0.4) is 0 Å². The summed E-state index contributed by atoms with van der Waals surface area (Å²) in [6.07, 6.45) is 1.09. The molecule has 0 unspecified atom stereocenters. The molecule has 0 atom stereocenters. The van der Waals surface area contributed by atoms with Gasteiger partial charge < -0.3 is 14.8 Å². The van der Waals surface area contributed by atoms with Gasteiger partial charge in [0.1, 0.15) is 11.8 Å². The van der Waals surface area contributed by atoms with Gasteiger partial charge in [-0.2, -0.15) is 5.26 Å². The van der Waals surface area contributed by atoms with Crippen molar-refractivity contribution in [3.05, 3.63) is 58.6 Å². The van der Waals surface area contributed by atoms with Gasteiger partial charge in [-0.15, -0.1) is 0 Å². The number of nitriles is 1. The second-order valence-corrected chi connectivity index (χ2v) is 8.06. The van der Waals surface area contributed by atoms with E-state index in [0.29, 0.717) is 60.6 Å². The van der Waals surface area contributed by atoms with Gasteiger partial charge in [-0.3, -0.25) is 4.79 Å². The van der Waals surface area contributed by atoms with Gasteiger partial charge in [-0.1, -0.05) is 43.6 Å². The Bertz CT molecular complexity index is 915. The molecule has 0 aromatic heterocycles. The molecule has 0 radical (unpaired) electrons. The van der Waals surface area contributed by atoms with Crippen molar-refractivity contribution < 1.29 is 14.3 Å². The summed E-state index contributed by atoms with van der Waals surface area (Å²) in [4.78, 5) is 13.4. The maximum Gasteiger partial charge on any atom is 0.235 e. The lowest BCUT2D eigenvalue weighted by Gasteiger charge is -2.36. The Balaban J connectivity index is 1.87.